The number of nitriles is 1. The highest BCUT2D eigenvalue weighted by Crippen LogP contribution is 2.39. The van der Waals surface area contributed by atoms with Crippen LogP contribution in [-0.4, -0.2) is 6.10 Å². The molecule has 1 fully saturated rings. The highest BCUT2D eigenvalue weighted by Gasteiger charge is 2.26. The van der Waals surface area contributed by atoms with Crippen LogP contribution in [0.2, 0.25) is 0 Å². The van der Waals surface area contributed by atoms with Crippen LogP contribution in [0.3, 0.4) is 0 Å². The molecule has 1 aliphatic heterocycles. The molecule has 118 valence electrons. The molecule has 1 aliphatic carbocycles. The van der Waals surface area contributed by atoms with Crippen LogP contribution >= 0.6 is 0 Å². The van der Waals surface area contributed by atoms with Crippen LogP contribution in [0.25, 0.3) is 0 Å². The zero-order chi connectivity index (χ0) is 15.5. The molecule has 0 saturated heterocycles. The summed E-state index contributed by atoms with van der Waals surface area (Å²) < 4.78 is 19.9. The molecular weight excluding hydrogens is 277 g/mol. The SMILES string of the molecule is CCCC1CCC(c2cc(F)c3c(c2)COC(C#N)C3)CC1. The number of hydrogen-bond acceptors (Lipinski definition) is 2. The summed E-state index contributed by atoms with van der Waals surface area (Å²) in [4.78, 5) is 0. The molecule has 1 atom stereocenters. The van der Waals surface area contributed by atoms with E-state index in [0.717, 1.165) is 17.0 Å². The molecule has 1 saturated carbocycles. The predicted octanol–water partition coefficient (Wildman–Crippen LogP) is 4.86. The lowest BCUT2D eigenvalue weighted by Crippen LogP contribution is -2.22. The van der Waals surface area contributed by atoms with Crippen molar-refractivity contribution in [2.45, 2.75) is 70.5 Å². The van der Waals surface area contributed by atoms with Gasteiger partial charge in [-0.3, -0.25) is 0 Å². The van der Waals surface area contributed by atoms with Crippen molar-refractivity contribution in [2.24, 2.45) is 5.92 Å². The van der Waals surface area contributed by atoms with Crippen molar-refractivity contribution in [3.05, 3.63) is 34.6 Å². The number of fused-ring (bicyclic) bond motifs is 1. The lowest BCUT2D eigenvalue weighted by molar-refractivity contribution is 0.0629. The van der Waals surface area contributed by atoms with E-state index in [9.17, 15) is 4.39 Å². The number of hydrogen-bond donors (Lipinski definition) is 0. The molecule has 22 heavy (non-hydrogen) atoms. The maximum Gasteiger partial charge on any atom is 0.148 e. The Hall–Kier alpha value is -1.40. The summed E-state index contributed by atoms with van der Waals surface area (Å²) in [6.45, 7) is 2.61. The highest BCUT2D eigenvalue weighted by atomic mass is 19.1. The maximum absolute atomic E-state index is 14.4. The monoisotopic (exact) mass is 301 g/mol. The van der Waals surface area contributed by atoms with Gasteiger partial charge in [0.2, 0.25) is 0 Å². The van der Waals surface area contributed by atoms with Gasteiger partial charge in [-0.2, -0.15) is 5.26 Å². The molecule has 0 bridgehead atoms. The van der Waals surface area contributed by atoms with Crippen LogP contribution in [0, 0.1) is 23.1 Å². The summed E-state index contributed by atoms with van der Waals surface area (Å²) in [7, 11) is 0. The number of halogens is 1. The first-order valence-electron chi connectivity index (χ1n) is 8.53. The fourth-order valence-electron chi connectivity index (χ4n) is 4.02. The first kappa shape index (κ1) is 15.5. The van der Waals surface area contributed by atoms with E-state index in [1.807, 2.05) is 0 Å². The Bertz CT molecular complexity index is 570. The Labute approximate surface area is 132 Å². The third-order valence-corrected chi connectivity index (χ3v) is 5.30. The van der Waals surface area contributed by atoms with Gasteiger partial charge in [-0.25, -0.2) is 4.39 Å². The van der Waals surface area contributed by atoms with Crippen molar-refractivity contribution in [3.8, 4) is 6.07 Å². The molecule has 2 aliphatic rings. The van der Waals surface area contributed by atoms with Crippen molar-refractivity contribution < 1.29 is 9.13 Å². The second-order valence-corrected chi connectivity index (χ2v) is 6.78. The van der Waals surface area contributed by atoms with Crippen molar-refractivity contribution in [1.82, 2.24) is 0 Å². The normalized spacial score (nSPS) is 28.0. The Morgan fingerprint density at radius 3 is 2.73 bits per heavy atom. The van der Waals surface area contributed by atoms with Crippen molar-refractivity contribution in [3.63, 3.8) is 0 Å². The third kappa shape index (κ3) is 3.17. The fourth-order valence-corrected chi connectivity index (χ4v) is 4.02. The molecule has 0 radical (unpaired) electrons. The van der Waals surface area contributed by atoms with E-state index in [2.05, 4.69) is 19.1 Å². The topological polar surface area (TPSA) is 33.0 Å². The van der Waals surface area contributed by atoms with Gasteiger partial charge in [0.25, 0.3) is 0 Å². The van der Waals surface area contributed by atoms with E-state index in [1.165, 1.54) is 38.5 Å². The minimum absolute atomic E-state index is 0.147. The molecule has 1 aromatic carbocycles. The molecule has 3 heteroatoms. The Morgan fingerprint density at radius 1 is 1.27 bits per heavy atom. The molecule has 0 spiro atoms. The van der Waals surface area contributed by atoms with Crippen LogP contribution < -0.4 is 0 Å². The summed E-state index contributed by atoms with van der Waals surface area (Å²) in [6.07, 6.45) is 7.34. The first-order valence-corrected chi connectivity index (χ1v) is 8.53. The zero-order valence-corrected chi connectivity index (χ0v) is 13.3. The summed E-state index contributed by atoms with van der Waals surface area (Å²) >= 11 is 0. The second-order valence-electron chi connectivity index (χ2n) is 6.78. The van der Waals surface area contributed by atoms with E-state index in [-0.39, 0.29) is 5.82 Å². The van der Waals surface area contributed by atoms with Gasteiger partial charge >= 0.3 is 0 Å². The van der Waals surface area contributed by atoms with Gasteiger partial charge < -0.3 is 4.74 Å². The maximum atomic E-state index is 14.4. The van der Waals surface area contributed by atoms with Gasteiger partial charge in [-0.1, -0.05) is 25.8 Å². The van der Waals surface area contributed by atoms with Crippen molar-refractivity contribution in [2.75, 3.05) is 0 Å². The summed E-state index contributed by atoms with van der Waals surface area (Å²) in [5.74, 6) is 1.21. The van der Waals surface area contributed by atoms with Gasteiger partial charge in [0.05, 0.1) is 12.7 Å². The van der Waals surface area contributed by atoms with Crippen LogP contribution in [0.1, 0.15) is 68.1 Å². The fraction of sp³-hybridized carbons (Fsp3) is 0.632. The van der Waals surface area contributed by atoms with E-state index in [1.54, 1.807) is 6.07 Å². The van der Waals surface area contributed by atoms with Crippen LogP contribution in [0.15, 0.2) is 12.1 Å². The van der Waals surface area contributed by atoms with E-state index in [4.69, 9.17) is 10.00 Å². The van der Waals surface area contributed by atoms with Crippen LogP contribution in [0.5, 0.6) is 0 Å². The Balaban J connectivity index is 1.74. The molecule has 1 aromatic rings. The molecule has 3 rings (SSSR count). The van der Waals surface area contributed by atoms with Gasteiger partial charge in [-0.05, 0) is 60.3 Å². The Kier molecular flexibility index (Phi) is 4.78. The Morgan fingerprint density at radius 2 is 2.05 bits per heavy atom. The van der Waals surface area contributed by atoms with Crippen molar-refractivity contribution in [1.29, 1.82) is 5.26 Å². The summed E-state index contributed by atoms with van der Waals surface area (Å²) in [6, 6.07) is 5.91. The van der Waals surface area contributed by atoms with Crippen molar-refractivity contribution >= 4 is 0 Å². The van der Waals surface area contributed by atoms with E-state index >= 15 is 0 Å². The molecular formula is C19H24FNO. The molecule has 0 amide bonds. The summed E-state index contributed by atoms with van der Waals surface area (Å²) in [5, 5.41) is 8.94. The second kappa shape index (κ2) is 6.79. The average molecular weight is 301 g/mol. The lowest BCUT2D eigenvalue weighted by atomic mass is 9.76. The molecule has 1 heterocycles. The number of ether oxygens (including phenoxy) is 1. The van der Waals surface area contributed by atoms with Gasteiger partial charge in [0, 0.05) is 6.42 Å². The molecule has 1 unspecified atom stereocenters. The third-order valence-electron chi connectivity index (χ3n) is 5.30. The smallest absolute Gasteiger partial charge is 0.148 e. The summed E-state index contributed by atoms with van der Waals surface area (Å²) in [5.41, 5.74) is 2.75. The minimum Gasteiger partial charge on any atom is -0.358 e. The van der Waals surface area contributed by atoms with Gasteiger partial charge in [0.1, 0.15) is 11.9 Å². The van der Waals surface area contributed by atoms with Gasteiger partial charge in [-0.15, -0.1) is 0 Å². The zero-order valence-electron chi connectivity index (χ0n) is 13.3. The largest absolute Gasteiger partial charge is 0.358 e. The molecule has 2 nitrogen and oxygen atoms in total. The first-order chi connectivity index (χ1) is 10.7. The van der Waals surface area contributed by atoms with E-state index < -0.39 is 6.10 Å². The quantitative estimate of drug-likeness (QED) is 0.798. The van der Waals surface area contributed by atoms with Gasteiger partial charge in [0.15, 0.2) is 0 Å². The lowest BCUT2D eigenvalue weighted by Gasteiger charge is -2.30. The molecule has 0 aromatic heterocycles. The standard InChI is InChI=1S/C19H24FNO/c1-2-3-13-4-6-14(7-5-13)15-8-16-12-22-17(11-21)10-18(16)19(20)9-15/h8-9,13-14,17H,2-7,10,12H2,1H3. The highest BCUT2D eigenvalue weighted by molar-refractivity contribution is 5.37. The number of benzene rings is 1. The van der Waals surface area contributed by atoms with E-state index in [0.29, 0.717) is 24.5 Å². The number of rotatable bonds is 3. The minimum atomic E-state index is -0.502. The number of nitrogens with zero attached hydrogens (tertiary/aromatic N) is 1. The average Bonchev–Trinajstić information content (AvgIpc) is 2.55. The molecule has 0 N–H and O–H groups in total. The van der Waals surface area contributed by atoms with Crippen LogP contribution in [-0.2, 0) is 17.8 Å². The van der Waals surface area contributed by atoms with Crippen LogP contribution in [0.4, 0.5) is 4.39 Å². The predicted molar refractivity (Wildman–Crippen MR) is 83.9 cm³/mol.